The van der Waals surface area contributed by atoms with Gasteiger partial charge in [0.1, 0.15) is 5.82 Å². The first kappa shape index (κ1) is 19.8. The van der Waals surface area contributed by atoms with E-state index in [0.717, 1.165) is 30.7 Å². The number of halogens is 2. The Kier molecular flexibility index (Phi) is 6.23. The summed E-state index contributed by atoms with van der Waals surface area (Å²) in [7, 11) is 0. The van der Waals surface area contributed by atoms with Crippen molar-refractivity contribution in [3.63, 3.8) is 0 Å². The molecule has 7 nitrogen and oxygen atoms in total. The van der Waals surface area contributed by atoms with E-state index in [4.69, 9.17) is 4.74 Å². The van der Waals surface area contributed by atoms with Gasteiger partial charge < -0.3 is 20.3 Å². The van der Waals surface area contributed by atoms with E-state index in [2.05, 4.69) is 20.6 Å². The Hall–Kier alpha value is -2.97. The number of aromatic nitrogens is 2. The molecule has 0 atom stereocenters. The number of anilines is 3. The normalized spacial score (nSPS) is 14.6. The van der Waals surface area contributed by atoms with E-state index in [1.807, 2.05) is 13.0 Å². The van der Waals surface area contributed by atoms with Gasteiger partial charge in [0.05, 0.1) is 6.61 Å². The molecule has 0 spiro atoms. The number of hydrogen-bond donors (Lipinski definition) is 2. The molecule has 0 unspecified atom stereocenters. The smallest absolute Gasteiger partial charge is 0.409 e. The number of hydrogen-bond acceptors (Lipinski definition) is 6. The molecule has 0 aliphatic carbocycles. The van der Waals surface area contributed by atoms with Gasteiger partial charge in [0, 0.05) is 42.6 Å². The maximum absolute atomic E-state index is 13.4. The summed E-state index contributed by atoms with van der Waals surface area (Å²) in [6, 6.07) is 5.50. The first-order valence-electron chi connectivity index (χ1n) is 9.20. The Bertz CT molecular complexity index is 841. The first-order chi connectivity index (χ1) is 13.4. The van der Waals surface area contributed by atoms with Crippen LogP contribution < -0.4 is 10.6 Å². The second-order valence-corrected chi connectivity index (χ2v) is 6.58. The molecule has 28 heavy (non-hydrogen) atoms. The summed E-state index contributed by atoms with van der Waals surface area (Å²) < 4.78 is 31.5. The van der Waals surface area contributed by atoms with Gasteiger partial charge in [-0.2, -0.15) is 4.98 Å². The molecule has 150 valence electrons. The van der Waals surface area contributed by atoms with Gasteiger partial charge >= 0.3 is 6.09 Å². The molecule has 1 aliphatic rings. The fourth-order valence-electron chi connectivity index (χ4n) is 3.03. The van der Waals surface area contributed by atoms with E-state index < -0.39 is 11.6 Å². The van der Waals surface area contributed by atoms with Gasteiger partial charge in [-0.1, -0.05) is 0 Å². The minimum atomic E-state index is -0.940. The number of rotatable bonds is 5. The number of piperidine rings is 1. The van der Waals surface area contributed by atoms with Crippen molar-refractivity contribution < 1.29 is 18.3 Å². The van der Waals surface area contributed by atoms with Gasteiger partial charge in [0.2, 0.25) is 5.95 Å². The van der Waals surface area contributed by atoms with E-state index in [0.29, 0.717) is 31.2 Å². The second kappa shape index (κ2) is 8.81. The van der Waals surface area contributed by atoms with Crippen molar-refractivity contribution in [3.8, 4) is 0 Å². The number of benzene rings is 1. The van der Waals surface area contributed by atoms with Crippen LogP contribution in [-0.4, -0.2) is 46.7 Å². The molecule has 1 aromatic carbocycles. The van der Waals surface area contributed by atoms with Crippen LogP contribution in [0.15, 0.2) is 24.3 Å². The molecular formula is C19H23F2N5O2. The molecule has 2 heterocycles. The number of nitrogens with zero attached hydrogens (tertiary/aromatic N) is 3. The number of aryl methyl sites for hydroxylation is 1. The average molecular weight is 391 g/mol. The summed E-state index contributed by atoms with van der Waals surface area (Å²) >= 11 is 0. The molecule has 1 aromatic heterocycles. The van der Waals surface area contributed by atoms with Crippen LogP contribution in [-0.2, 0) is 4.74 Å². The number of ether oxygens (including phenoxy) is 1. The molecule has 1 aliphatic heterocycles. The van der Waals surface area contributed by atoms with E-state index in [1.54, 1.807) is 11.8 Å². The molecule has 0 bridgehead atoms. The predicted molar refractivity (Wildman–Crippen MR) is 102 cm³/mol. The molecule has 1 fully saturated rings. The highest BCUT2D eigenvalue weighted by atomic mass is 19.2. The predicted octanol–water partition coefficient (Wildman–Crippen LogP) is 3.84. The molecule has 0 saturated carbocycles. The Morgan fingerprint density at radius 2 is 1.96 bits per heavy atom. The first-order valence-corrected chi connectivity index (χ1v) is 9.20. The topological polar surface area (TPSA) is 79.4 Å². The third-order valence-corrected chi connectivity index (χ3v) is 4.40. The lowest BCUT2D eigenvalue weighted by molar-refractivity contribution is 0.0983. The maximum atomic E-state index is 13.4. The van der Waals surface area contributed by atoms with Crippen molar-refractivity contribution in [2.75, 3.05) is 30.3 Å². The quantitative estimate of drug-likeness (QED) is 0.806. The summed E-state index contributed by atoms with van der Waals surface area (Å²) in [5, 5.41) is 6.24. The maximum Gasteiger partial charge on any atom is 0.409 e. The highest BCUT2D eigenvalue weighted by molar-refractivity contribution is 5.67. The van der Waals surface area contributed by atoms with E-state index in [-0.39, 0.29) is 18.1 Å². The van der Waals surface area contributed by atoms with Crippen LogP contribution >= 0.6 is 0 Å². The third kappa shape index (κ3) is 5.05. The Morgan fingerprint density at radius 3 is 2.64 bits per heavy atom. The highest BCUT2D eigenvalue weighted by Crippen LogP contribution is 2.20. The highest BCUT2D eigenvalue weighted by Gasteiger charge is 2.23. The van der Waals surface area contributed by atoms with Crippen molar-refractivity contribution in [2.24, 2.45) is 0 Å². The van der Waals surface area contributed by atoms with Gasteiger partial charge in [-0.05, 0) is 38.8 Å². The number of nitrogens with one attached hydrogen (secondary N) is 2. The lowest BCUT2D eigenvalue weighted by Crippen LogP contribution is -2.42. The molecular weight excluding hydrogens is 368 g/mol. The van der Waals surface area contributed by atoms with Gasteiger partial charge in [0.15, 0.2) is 11.6 Å². The van der Waals surface area contributed by atoms with Crippen LogP contribution in [0.1, 0.15) is 25.5 Å². The van der Waals surface area contributed by atoms with Crippen LogP contribution in [0.2, 0.25) is 0 Å². The summed E-state index contributed by atoms with van der Waals surface area (Å²) in [5.74, 6) is -0.929. The molecule has 0 radical (unpaired) electrons. The van der Waals surface area contributed by atoms with E-state index in [9.17, 15) is 13.6 Å². The lowest BCUT2D eigenvalue weighted by atomic mass is 10.1. The zero-order valence-electron chi connectivity index (χ0n) is 15.8. The van der Waals surface area contributed by atoms with Crippen molar-refractivity contribution in [1.82, 2.24) is 14.9 Å². The number of likely N-dealkylation sites (tertiary alicyclic amines) is 1. The fraction of sp³-hybridized carbons (Fsp3) is 0.421. The summed E-state index contributed by atoms with van der Waals surface area (Å²) in [6.45, 7) is 5.20. The van der Waals surface area contributed by atoms with Crippen LogP contribution in [0.5, 0.6) is 0 Å². The van der Waals surface area contributed by atoms with Crippen LogP contribution in [0.3, 0.4) is 0 Å². The van der Waals surface area contributed by atoms with Gasteiger partial charge in [0.25, 0.3) is 0 Å². The minimum absolute atomic E-state index is 0.163. The number of carbonyl (C=O) groups is 1. The van der Waals surface area contributed by atoms with Gasteiger partial charge in [-0.25, -0.2) is 18.6 Å². The Morgan fingerprint density at radius 1 is 1.21 bits per heavy atom. The van der Waals surface area contributed by atoms with Crippen LogP contribution in [0, 0.1) is 18.6 Å². The zero-order valence-corrected chi connectivity index (χ0v) is 15.8. The van der Waals surface area contributed by atoms with Crippen molar-refractivity contribution >= 4 is 23.5 Å². The monoisotopic (exact) mass is 391 g/mol. The van der Waals surface area contributed by atoms with Crippen molar-refractivity contribution in [2.45, 2.75) is 32.7 Å². The van der Waals surface area contributed by atoms with Gasteiger partial charge in [-0.15, -0.1) is 0 Å². The fourth-order valence-corrected chi connectivity index (χ4v) is 3.03. The molecule has 2 aromatic rings. The number of amides is 1. The van der Waals surface area contributed by atoms with Gasteiger partial charge in [-0.3, -0.25) is 0 Å². The van der Waals surface area contributed by atoms with E-state index >= 15 is 0 Å². The molecule has 9 heteroatoms. The van der Waals surface area contributed by atoms with E-state index in [1.165, 1.54) is 6.07 Å². The second-order valence-electron chi connectivity index (χ2n) is 6.58. The summed E-state index contributed by atoms with van der Waals surface area (Å²) in [6.07, 6.45) is 1.26. The summed E-state index contributed by atoms with van der Waals surface area (Å²) in [4.78, 5) is 22.2. The lowest BCUT2D eigenvalue weighted by Gasteiger charge is -2.31. The number of carbonyl (C=O) groups excluding carboxylic acids is 1. The average Bonchev–Trinajstić information content (AvgIpc) is 2.65. The molecule has 1 amide bonds. The molecule has 2 N–H and O–H groups in total. The van der Waals surface area contributed by atoms with Crippen molar-refractivity contribution in [3.05, 3.63) is 41.6 Å². The Labute approximate surface area is 162 Å². The van der Waals surface area contributed by atoms with Crippen LogP contribution in [0.25, 0.3) is 0 Å². The largest absolute Gasteiger partial charge is 0.450 e. The molecule has 1 saturated heterocycles. The molecule has 3 rings (SSSR count). The summed E-state index contributed by atoms with van der Waals surface area (Å²) in [5.41, 5.74) is 1.09. The zero-order chi connectivity index (χ0) is 20.1. The van der Waals surface area contributed by atoms with Crippen LogP contribution in [0.4, 0.5) is 31.0 Å². The SMILES string of the molecule is CCOC(=O)N1CCC(Nc2cc(C)nc(Nc3ccc(F)c(F)c3)n2)CC1. The third-order valence-electron chi connectivity index (χ3n) is 4.40. The standard InChI is InChI=1S/C19H23F2N5O2/c1-3-28-19(27)26-8-6-13(7-9-26)23-17-10-12(2)22-18(25-17)24-14-4-5-15(20)16(21)11-14/h4-5,10-11,13H,3,6-9H2,1-2H3,(H2,22,23,24,25). The van der Waals surface area contributed by atoms with Crippen molar-refractivity contribution in [1.29, 1.82) is 0 Å². The minimum Gasteiger partial charge on any atom is -0.450 e. The Balaban J connectivity index is 1.62.